The number of halogens is 3. The number of benzene rings is 2. The fourth-order valence-corrected chi connectivity index (χ4v) is 2.71. The van der Waals surface area contributed by atoms with Crippen molar-refractivity contribution in [1.29, 1.82) is 0 Å². The summed E-state index contributed by atoms with van der Waals surface area (Å²) in [5.74, 6) is -0.439. The summed E-state index contributed by atoms with van der Waals surface area (Å²) < 4.78 is 1.49. The van der Waals surface area contributed by atoms with Crippen molar-refractivity contribution in [3.05, 3.63) is 65.1 Å². The maximum atomic E-state index is 12.2. The van der Waals surface area contributed by atoms with E-state index in [1.54, 1.807) is 12.1 Å². The minimum absolute atomic E-state index is 0.0974. The number of carbonyl (C=O) groups excluding carboxylic acids is 1. The molecule has 0 bridgehead atoms. The second kappa shape index (κ2) is 6.71. The molecule has 0 saturated heterocycles. The molecule has 2 aromatic rings. The Kier molecular flexibility index (Phi) is 5.17. The van der Waals surface area contributed by atoms with E-state index in [1.807, 2.05) is 6.07 Å². The first-order chi connectivity index (χ1) is 9.88. The largest absolute Gasteiger partial charge is 0.316 e. The lowest BCUT2D eigenvalue weighted by Crippen LogP contribution is -2.14. The van der Waals surface area contributed by atoms with Crippen LogP contribution in [0.25, 0.3) is 0 Å². The number of nitro groups is 1. The van der Waals surface area contributed by atoms with Crippen LogP contribution in [-0.2, 0) is 0 Å². The Morgan fingerprint density at radius 3 is 2.67 bits per heavy atom. The molecule has 0 aliphatic rings. The molecular weight excluding hydrogens is 474 g/mol. The van der Waals surface area contributed by atoms with Gasteiger partial charge in [-0.05, 0) is 68.9 Å². The minimum atomic E-state index is -0.592. The summed E-state index contributed by atoms with van der Waals surface area (Å²) in [6.07, 6.45) is 0. The van der Waals surface area contributed by atoms with Crippen LogP contribution in [0.4, 0.5) is 11.4 Å². The number of hydrogen-bond donors (Lipinski definition) is 1. The maximum Gasteiger partial charge on any atom is 0.294 e. The normalized spacial score (nSPS) is 10.2. The van der Waals surface area contributed by atoms with Crippen LogP contribution < -0.4 is 5.32 Å². The van der Waals surface area contributed by atoms with Gasteiger partial charge in [-0.25, -0.2) is 0 Å². The van der Waals surface area contributed by atoms with Gasteiger partial charge in [0.25, 0.3) is 11.6 Å². The van der Waals surface area contributed by atoms with Gasteiger partial charge in [0.05, 0.1) is 10.5 Å². The number of amides is 1. The first-order valence-corrected chi connectivity index (χ1v) is 7.84. The highest BCUT2D eigenvalue weighted by Crippen LogP contribution is 2.29. The monoisotopic (exact) mass is 480 g/mol. The van der Waals surface area contributed by atoms with Gasteiger partial charge in [0, 0.05) is 19.1 Å². The van der Waals surface area contributed by atoms with Gasteiger partial charge in [0.1, 0.15) is 5.69 Å². The molecule has 2 aromatic carbocycles. The average Bonchev–Trinajstić information content (AvgIpc) is 2.43. The molecule has 0 aromatic heterocycles. The molecule has 1 N–H and O–H groups in total. The molecule has 8 heteroatoms. The van der Waals surface area contributed by atoms with Gasteiger partial charge in [0.15, 0.2) is 0 Å². The zero-order chi connectivity index (χ0) is 15.6. The molecule has 0 heterocycles. The molecule has 0 atom stereocenters. The summed E-state index contributed by atoms with van der Waals surface area (Å²) >= 11 is 11.1. The Morgan fingerprint density at radius 2 is 2.00 bits per heavy atom. The zero-order valence-corrected chi connectivity index (χ0v) is 14.8. The lowest BCUT2D eigenvalue weighted by atomic mass is 10.2. The summed E-state index contributed by atoms with van der Waals surface area (Å²) in [4.78, 5) is 22.7. The van der Waals surface area contributed by atoms with E-state index in [-0.39, 0.29) is 16.4 Å². The highest BCUT2D eigenvalue weighted by atomic mass is 127. The second-order valence-corrected chi connectivity index (χ2v) is 6.53. The van der Waals surface area contributed by atoms with E-state index in [0.717, 1.165) is 3.57 Å². The van der Waals surface area contributed by atoms with Crippen LogP contribution in [0, 0.1) is 13.7 Å². The molecule has 0 saturated carbocycles. The lowest BCUT2D eigenvalue weighted by Gasteiger charge is -2.08. The van der Waals surface area contributed by atoms with Crippen LogP contribution in [0.3, 0.4) is 0 Å². The fourth-order valence-electron chi connectivity index (χ4n) is 1.62. The number of nitrogens with one attached hydrogen (secondary N) is 1. The van der Waals surface area contributed by atoms with Crippen molar-refractivity contribution in [2.45, 2.75) is 0 Å². The van der Waals surface area contributed by atoms with E-state index in [4.69, 9.17) is 11.6 Å². The Hall–Kier alpha value is -1.19. The van der Waals surface area contributed by atoms with Crippen LogP contribution in [0.1, 0.15) is 10.4 Å². The highest BCUT2D eigenvalue weighted by molar-refractivity contribution is 14.1. The Morgan fingerprint density at radius 1 is 1.29 bits per heavy atom. The van der Waals surface area contributed by atoms with Crippen molar-refractivity contribution in [3.63, 3.8) is 0 Å². The van der Waals surface area contributed by atoms with E-state index >= 15 is 0 Å². The SMILES string of the molecule is O=C(Nc1ccc(Cl)cc1[N+](=O)[O-])c1cc(I)ccc1Br. The molecule has 108 valence electrons. The van der Waals surface area contributed by atoms with Crippen molar-refractivity contribution in [2.75, 3.05) is 5.32 Å². The summed E-state index contributed by atoms with van der Waals surface area (Å²) in [7, 11) is 0. The molecule has 0 spiro atoms. The molecule has 21 heavy (non-hydrogen) atoms. The summed E-state index contributed by atoms with van der Waals surface area (Å²) in [5.41, 5.74) is 0.240. The van der Waals surface area contributed by atoms with Gasteiger partial charge >= 0.3 is 0 Å². The Labute approximate surface area is 147 Å². The topological polar surface area (TPSA) is 72.2 Å². The van der Waals surface area contributed by atoms with Gasteiger partial charge in [-0.1, -0.05) is 11.6 Å². The smallest absolute Gasteiger partial charge is 0.294 e. The Bertz CT molecular complexity index is 739. The second-order valence-electron chi connectivity index (χ2n) is 4.00. The quantitative estimate of drug-likeness (QED) is 0.386. The first kappa shape index (κ1) is 16.2. The number of nitro benzene ring substituents is 1. The van der Waals surface area contributed by atoms with Crippen molar-refractivity contribution in [3.8, 4) is 0 Å². The van der Waals surface area contributed by atoms with Gasteiger partial charge in [-0.15, -0.1) is 0 Å². The average molecular weight is 481 g/mol. The molecule has 0 fully saturated rings. The fraction of sp³-hybridized carbons (Fsp3) is 0. The standard InChI is InChI=1S/C13H7BrClIN2O3/c14-10-3-2-8(16)6-9(10)13(19)17-11-4-1-7(15)5-12(11)18(20)21/h1-6H,(H,17,19). The molecule has 0 radical (unpaired) electrons. The predicted molar refractivity (Wildman–Crippen MR) is 92.9 cm³/mol. The molecule has 1 amide bonds. The highest BCUT2D eigenvalue weighted by Gasteiger charge is 2.18. The van der Waals surface area contributed by atoms with Crippen molar-refractivity contribution in [2.24, 2.45) is 0 Å². The maximum absolute atomic E-state index is 12.2. The van der Waals surface area contributed by atoms with Crippen LogP contribution >= 0.6 is 50.1 Å². The zero-order valence-electron chi connectivity index (χ0n) is 10.3. The summed E-state index contributed by atoms with van der Waals surface area (Å²) in [5, 5.41) is 13.8. The molecule has 5 nitrogen and oxygen atoms in total. The van der Waals surface area contributed by atoms with Crippen molar-refractivity contribution < 1.29 is 9.72 Å². The van der Waals surface area contributed by atoms with Gasteiger partial charge < -0.3 is 5.32 Å². The van der Waals surface area contributed by atoms with Crippen molar-refractivity contribution in [1.82, 2.24) is 0 Å². The predicted octanol–water partition coefficient (Wildman–Crippen LogP) is 4.87. The van der Waals surface area contributed by atoms with Gasteiger partial charge in [0.2, 0.25) is 0 Å². The Balaban J connectivity index is 2.36. The molecule has 0 aliphatic heterocycles. The first-order valence-electron chi connectivity index (χ1n) is 5.59. The van der Waals surface area contributed by atoms with E-state index in [2.05, 4.69) is 43.8 Å². The molecule has 0 aliphatic carbocycles. The third kappa shape index (κ3) is 3.92. The summed E-state index contributed by atoms with van der Waals surface area (Å²) in [6.45, 7) is 0. The van der Waals surface area contributed by atoms with Crippen LogP contribution in [0.5, 0.6) is 0 Å². The number of nitrogens with zero attached hydrogens (tertiary/aromatic N) is 1. The van der Waals surface area contributed by atoms with Gasteiger partial charge in [-0.3, -0.25) is 14.9 Å². The van der Waals surface area contributed by atoms with Crippen molar-refractivity contribution >= 4 is 67.4 Å². The summed E-state index contributed by atoms with van der Waals surface area (Å²) in [6, 6.07) is 9.34. The van der Waals surface area contributed by atoms with Gasteiger partial charge in [-0.2, -0.15) is 0 Å². The van der Waals surface area contributed by atoms with E-state index in [0.29, 0.717) is 10.0 Å². The van der Waals surface area contributed by atoms with Crippen LogP contribution in [0.15, 0.2) is 40.9 Å². The van der Waals surface area contributed by atoms with Crippen LogP contribution in [-0.4, -0.2) is 10.8 Å². The van der Waals surface area contributed by atoms with Crippen LogP contribution in [0.2, 0.25) is 5.02 Å². The molecule has 0 unspecified atom stereocenters. The molecular formula is C13H7BrClIN2O3. The number of hydrogen-bond acceptors (Lipinski definition) is 3. The number of carbonyl (C=O) groups is 1. The van der Waals surface area contributed by atoms with E-state index < -0.39 is 10.8 Å². The minimum Gasteiger partial charge on any atom is -0.316 e. The third-order valence-electron chi connectivity index (χ3n) is 2.58. The third-order valence-corrected chi connectivity index (χ3v) is 4.18. The number of rotatable bonds is 3. The van der Waals surface area contributed by atoms with E-state index in [1.165, 1.54) is 18.2 Å². The lowest BCUT2D eigenvalue weighted by molar-refractivity contribution is -0.383. The van der Waals surface area contributed by atoms with E-state index in [9.17, 15) is 14.9 Å². The number of anilines is 1. The molecule has 2 rings (SSSR count).